The first kappa shape index (κ1) is 4.18. The predicted octanol–water partition coefficient (Wildman–Crippen LogP) is 7.39. The molecule has 28 heavy (non-hydrogen) atoms. The fourth-order valence-electron chi connectivity index (χ4n) is 3.77. The molecule has 1 nitrogen and oxygen atoms in total. The van der Waals surface area contributed by atoms with Crippen LogP contribution in [0.3, 0.4) is 0 Å². The van der Waals surface area contributed by atoms with Crippen molar-refractivity contribution in [1.82, 2.24) is 0 Å². The maximum atomic E-state index is 11.1. The van der Waals surface area contributed by atoms with E-state index in [0.29, 0.717) is 0 Å². The van der Waals surface area contributed by atoms with E-state index >= 15 is 0 Å². The fraction of sp³-hybridized carbons (Fsp3) is 0.926. The minimum Gasteiger partial charge on any atom is -0.393 e. The van der Waals surface area contributed by atoms with Gasteiger partial charge in [-0.1, -0.05) is 65.1 Å². The van der Waals surface area contributed by atoms with Crippen molar-refractivity contribution in [2.24, 2.45) is 46.2 Å². The second kappa shape index (κ2) is 7.75. The predicted molar refractivity (Wildman–Crippen MR) is 119 cm³/mol. The summed E-state index contributed by atoms with van der Waals surface area (Å²) in [7, 11) is 0. The Morgan fingerprint density at radius 1 is 1.36 bits per heavy atom. The van der Waals surface area contributed by atoms with Crippen molar-refractivity contribution in [3.63, 3.8) is 0 Å². The maximum absolute atomic E-state index is 11.1. The van der Waals surface area contributed by atoms with E-state index in [1.807, 2.05) is 0 Å². The number of hydrogen-bond donors (Lipinski definition) is 1. The van der Waals surface area contributed by atoms with Crippen molar-refractivity contribution in [2.75, 3.05) is 0 Å². The van der Waals surface area contributed by atoms with Crippen LogP contribution in [0.25, 0.3) is 0 Å². The quantitative estimate of drug-likeness (QED) is 0.456. The van der Waals surface area contributed by atoms with Gasteiger partial charge < -0.3 is 5.11 Å². The highest BCUT2D eigenvalue weighted by atomic mass is 16.3. The maximum Gasteiger partial charge on any atom is 0.0604 e. The molecule has 0 heterocycles. The Labute approximate surface area is 228 Å². The molecule has 3 fully saturated rings. The van der Waals surface area contributed by atoms with Crippen molar-refractivity contribution in [1.29, 1.82) is 0 Å². The van der Waals surface area contributed by atoms with E-state index in [1.54, 1.807) is 0 Å². The van der Waals surface area contributed by atoms with Crippen molar-refractivity contribution in [3.8, 4) is 0 Å². The Kier molecular flexibility index (Phi) is 1.16. The Balaban J connectivity index is 2.41. The van der Waals surface area contributed by atoms with E-state index in [1.165, 1.54) is 0 Å². The van der Waals surface area contributed by atoms with Gasteiger partial charge in [0.1, 0.15) is 0 Å². The lowest BCUT2D eigenvalue weighted by Gasteiger charge is -2.58. The van der Waals surface area contributed by atoms with Gasteiger partial charge >= 0.3 is 0 Å². The number of fused-ring (bicyclic) bond motifs is 5. The van der Waals surface area contributed by atoms with Gasteiger partial charge in [-0.3, -0.25) is 0 Å². The van der Waals surface area contributed by atoms with E-state index in [0.717, 1.165) is 0 Å². The molecule has 1 heteroatoms. The Hall–Kier alpha value is -0.300. The molecule has 0 aliphatic heterocycles. The molecule has 4 rings (SSSR count). The summed E-state index contributed by atoms with van der Waals surface area (Å²) in [6.45, 7) is -18.4. The van der Waals surface area contributed by atoms with E-state index in [4.69, 9.17) is 37.0 Å². The molecule has 0 aromatic carbocycles. The first-order valence-electron chi connectivity index (χ1n) is 27.4. The van der Waals surface area contributed by atoms with Crippen molar-refractivity contribution < 1.29 is 57.2 Å². The lowest BCUT2D eigenvalue weighted by Crippen LogP contribution is -2.50. The van der Waals surface area contributed by atoms with E-state index in [9.17, 15) is 20.2 Å². The summed E-state index contributed by atoms with van der Waals surface area (Å²) < 4.78 is 335. The molecule has 4 aliphatic rings. The van der Waals surface area contributed by atoms with Gasteiger partial charge in [-0.2, -0.15) is 0 Å². The molecule has 0 saturated heterocycles. The number of allylic oxidation sites excluding steroid dienone is 1. The molecule has 160 valence electrons. The Morgan fingerprint density at radius 3 is 3.04 bits per heavy atom. The molecule has 0 aromatic heterocycles. The number of rotatable bonds is 5. The first-order chi connectivity index (χ1) is 28.0. The topological polar surface area (TPSA) is 20.2 Å². The summed E-state index contributed by atoms with van der Waals surface area (Å²) in [4.78, 5) is 0. The standard InChI is InChI=1S/C27H46O/c1-18(2)7-6-8-19(3)23-11-12-24-22-10-9-20-17-21(28)13-15-26(20,4)25(22)14-16-27(23,24)5/h9,18-19,21-25,28H,6-8,10-17H2,1-5H3/t19-,21+,22+,23-,24+,25+,26+,27-/m1/s1/i1D3,2D3,3D3,4D3,6D2,7D2,8D2,9D,10D2,11D2,12D2,13D2,15D2,17D2,18D,19D,21D,22D,23D,24D,25D. The van der Waals surface area contributed by atoms with Crippen LogP contribution in [0.1, 0.15) is 157 Å². The zero-order valence-electron chi connectivity index (χ0n) is 52.9. The molecule has 0 aromatic rings. The summed E-state index contributed by atoms with van der Waals surface area (Å²) >= 11 is 0. The van der Waals surface area contributed by atoms with Crippen LogP contribution in [0.4, 0.5) is 0 Å². The normalized spacial score (nSPS) is 95.6. The number of hydrogen-bond acceptors (Lipinski definition) is 1. The molecule has 0 unspecified atom stereocenters. The van der Waals surface area contributed by atoms with Crippen molar-refractivity contribution in [3.05, 3.63) is 11.6 Å². The first-order valence-corrected chi connectivity index (χ1v) is 8.43. The molecular formula is C27H46O. The fourth-order valence-corrected chi connectivity index (χ4v) is 3.77. The average Bonchev–Trinajstić information content (AvgIpc) is 3.15. The molecule has 0 radical (unpaired) electrons. The molecule has 1 N–H and O–H groups in total. The third-order valence-corrected chi connectivity index (χ3v) is 5.22. The van der Waals surface area contributed by atoms with Crippen molar-refractivity contribution >= 4 is 0 Å². The molecular weight excluding hydrogens is 340 g/mol. The van der Waals surface area contributed by atoms with Crippen LogP contribution in [0.5, 0.6) is 0 Å². The highest BCUT2D eigenvalue weighted by Crippen LogP contribution is 2.67. The van der Waals surface area contributed by atoms with Crippen LogP contribution in [0.2, 0.25) is 0 Å². The Morgan fingerprint density at radius 2 is 2.25 bits per heavy atom. The van der Waals surface area contributed by atoms with E-state index in [-0.39, 0.29) is 6.92 Å². The molecule has 0 spiro atoms. The zero-order chi connectivity index (χ0) is 53.6. The van der Waals surface area contributed by atoms with Gasteiger partial charge in [0.05, 0.1) is 8.82 Å². The largest absolute Gasteiger partial charge is 0.393 e. The van der Waals surface area contributed by atoms with Gasteiger partial charge in [0.25, 0.3) is 0 Å². The Bertz CT molecular complexity index is 2050. The van der Waals surface area contributed by atoms with Crippen LogP contribution >= 0.6 is 0 Å². The SMILES string of the molecule is [2H]C1=C2C([2H])([2H])[C@@]([2H])(O)C([2H])([2H])C([2H])([2H])[C@]2(C([2H])([2H])[2H])[C@@]2([2H])CC[C@]3(C)[C@@]([2H])([C@]([2H])(C([2H])([2H])[2H])C([2H])([2H])C([2H])([2H])C([2H])([2H])C([2H])(C([2H])([2H])[2H])C([2H])([2H])[2H])C([2H])([2H])C([2H])([2H])[C@@]3([2H])[C@]2([2H])C1([2H])[2H]. The lowest BCUT2D eigenvalue weighted by atomic mass is 9.47. The van der Waals surface area contributed by atoms with Gasteiger partial charge in [0.2, 0.25) is 0 Å². The summed E-state index contributed by atoms with van der Waals surface area (Å²) in [5, 5.41) is 11.1. The van der Waals surface area contributed by atoms with Crippen LogP contribution in [0.15, 0.2) is 11.6 Å². The summed E-state index contributed by atoms with van der Waals surface area (Å²) in [5.41, 5.74) is -10.9. The molecule has 8 atom stereocenters. The average molecular weight is 425 g/mol. The van der Waals surface area contributed by atoms with E-state index < -0.39 is 162 Å². The summed E-state index contributed by atoms with van der Waals surface area (Å²) in [5.74, 6) is -29.5. The van der Waals surface area contributed by atoms with Gasteiger partial charge in [0, 0.05) is 49.3 Å². The minimum atomic E-state index is -5.40. The highest BCUT2D eigenvalue weighted by Gasteiger charge is 2.59. The number of aliphatic hydroxyl groups is 1. The molecule has 4 aliphatic carbocycles. The smallest absolute Gasteiger partial charge is 0.0604 e. The van der Waals surface area contributed by atoms with Gasteiger partial charge in [-0.05, 0) is 97.3 Å². The monoisotopic (exact) mass is 425 g/mol. The zero-order valence-corrected chi connectivity index (χ0v) is 14.9. The second-order valence-corrected chi connectivity index (χ2v) is 6.91. The van der Waals surface area contributed by atoms with E-state index in [2.05, 4.69) is 0 Å². The molecule has 0 bridgehead atoms. The second-order valence-electron chi connectivity index (χ2n) is 6.91. The third kappa shape index (κ3) is 3.42. The lowest BCUT2D eigenvalue weighted by molar-refractivity contribution is -0.0573. The summed E-state index contributed by atoms with van der Waals surface area (Å²) in [6, 6.07) is -2.38. The van der Waals surface area contributed by atoms with Crippen LogP contribution in [-0.2, 0) is 0 Å². The highest BCUT2D eigenvalue weighted by molar-refractivity contribution is 5.25. The van der Waals surface area contributed by atoms with Crippen LogP contribution < -0.4 is 0 Å². The molecule has 3 saturated carbocycles. The van der Waals surface area contributed by atoms with Crippen LogP contribution in [-0.4, -0.2) is 11.2 Å². The van der Waals surface area contributed by atoms with Gasteiger partial charge in [-0.25, -0.2) is 0 Å². The van der Waals surface area contributed by atoms with Crippen LogP contribution in [0, 0.1) is 46.2 Å². The van der Waals surface area contributed by atoms with Gasteiger partial charge in [0.15, 0.2) is 0 Å². The molecule has 0 amide bonds. The van der Waals surface area contributed by atoms with Crippen molar-refractivity contribution in [2.45, 2.75) is 111 Å². The summed E-state index contributed by atoms with van der Waals surface area (Å²) in [6.07, 6.45) is -52.8. The minimum absolute atomic E-state index is 0.206. The van der Waals surface area contributed by atoms with Gasteiger partial charge in [-0.15, -0.1) is 0 Å². The third-order valence-electron chi connectivity index (χ3n) is 5.22.